The zero-order valence-corrected chi connectivity index (χ0v) is 17.8. The van der Waals surface area contributed by atoms with Gasteiger partial charge in [0.1, 0.15) is 0 Å². The summed E-state index contributed by atoms with van der Waals surface area (Å²) in [5, 5.41) is 26.4. The van der Waals surface area contributed by atoms with E-state index in [2.05, 4.69) is 39.2 Å². The van der Waals surface area contributed by atoms with Crippen LogP contribution in [-0.2, 0) is 0 Å². The third-order valence-corrected chi connectivity index (χ3v) is 7.34. The van der Waals surface area contributed by atoms with Crippen molar-refractivity contribution in [3.8, 4) is 0 Å². The van der Waals surface area contributed by atoms with E-state index < -0.39 is 12.2 Å². The number of aromatic nitrogens is 3. The standard InChI is InChI=1S/C28H23N3O2/c32-27-24(18-13-29-20-10-4-1-7-15(18)20)23-17-9-3-6-12-22(17)31-26(23)25(28(27)33)19-14-30-21-11-5-2-8-16(19)21/h1-14,24-25,27-33H/t24?,25?,27-,28-/m1/s1. The summed E-state index contributed by atoms with van der Waals surface area (Å²) in [6, 6.07) is 24.4. The molecule has 0 radical (unpaired) electrons. The third-order valence-electron chi connectivity index (χ3n) is 7.34. The summed E-state index contributed by atoms with van der Waals surface area (Å²) in [5.41, 5.74) is 7.07. The molecule has 5 heteroatoms. The Labute approximate surface area is 189 Å². The Morgan fingerprint density at radius 2 is 1.03 bits per heavy atom. The Kier molecular flexibility index (Phi) is 3.89. The molecule has 3 heterocycles. The van der Waals surface area contributed by atoms with Crippen molar-refractivity contribution in [1.29, 1.82) is 0 Å². The lowest BCUT2D eigenvalue weighted by molar-refractivity contribution is -0.00697. The number of para-hydroxylation sites is 3. The molecule has 162 valence electrons. The second kappa shape index (κ2) is 6.85. The molecular formula is C28H23N3O2. The van der Waals surface area contributed by atoms with E-state index in [0.29, 0.717) is 0 Å². The molecule has 6 aromatic rings. The normalized spacial score (nSPS) is 22.8. The number of benzene rings is 3. The van der Waals surface area contributed by atoms with Crippen molar-refractivity contribution in [2.75, 3.05) is 0 Å². The van der Waals surface area contributed by atoms with Gasteiger partial charge in [0, 0.05) is 56.7 Å². The minimum Gasteiger partial charge on any atom is -0.389 e. The molecule has 0 saturated heterocycles. The molecule has 4 atom stereocenters. The molecule has 1 aliphatic rings. The van der Waals surface area contributed by atoms with Gasteiger partial charge in [0.2, 0.25) is 0 Å². The molecule has 0 amide bonds. The van der Waals surface area contributed by atoms with Crippen molar-refractivity contribution in [3.63, 3.8) is 0 Å². The summed E-state index contributed by atoms with van der Waals surface area (Å²) in [6.45, 7) is 0. The molecular weight excluding hydrogens is 410 g/mol. The summed E-state index contributed by atoms with van der Waals surface area (Å²) in [5.74, 6) is -0.733. The highest BCUT2D eigenvalue weighted by Crippen LogP contribution is 2.50. The van der Waals surface area contributed by atoms with E-state index in [1.165, 1.54) is 0 Å². The van der Waals surface area contributed by atoms with E-state index in [9.17, 15) is 10.2 Å². The highest BCUT2D eigenvalue weighted by Gasteiger charge is 2.46. The van der Waals surface area contributed by atoms with Crippen molar-refractivity contribution in [2.45, 2.75) is 24.0 Å². The van der Waals surface area contributed by atoms with Gasteiger partial charge in [0.25, 0.3) is 0 Å². The maximum absolute atomic E-state index is 11.6. The molecule has 33 heavy (non-hydrogen) atoms. The first-order valence-electron chi connectivity index (χ1n) is 11.3. The Bertz CT molecular complexity index is 1640. The fraction of sp³-hybridized carbons (Fsp3) is 0.143. The predicted molar refractivity (Wildman–Crippen MR) is 131 cm³/mol. The van der Waals surface area contributed by atoms with Crippen molar-refractivity contribution in [2.24, 2.45) is 0 Å². The summed E-state index contributed by atoms with van der Waals surface area (Å²) >= 11 is 0. The second-order valence-electron chi connectivity index (χ2n) is 9.01. The van der Waals surface area contributed by atoms with Crippen molar-refractivity contribution in [1.82, 2.24) is 15.0 Å². The highest BCUT2D eigenvalue weighted by molar-refractivity contribution is 5.91. The van der Waals surface area contributed by atoms with Crippen LogP contribution in [0.1, 0.15) is 34.2 Å². The van der Waals surface area contributed by atoms with Gasteiger partial charge in [0.15, 0.2) is 0 Å². The van der Waals surface area contributed by atoms with Gasteiger partial charge in [-0.1, -0.05) is 54.6 Å². The molecule has 2 unspecified atom stereocenters. The topological polar surface area (TPSA) is 87.8 Å². The van der Waals surface area contributed by atoms with Gasteiger partial charge in [-0.2, -0.15) is 0 Å². The number of rotatable bonds is 2. The van der Waals surface area contributed by atoms with Crippen LogP contribution in [0, 0.1) is 0 Å². The lowest BCUT2D eigenvalue weighted by atomic mass is 9.70. The highest BCUT2D eigenvalue weighted by atomic mass is 16.3. The molecule has 0 spiro atoms. The molecule has 0 aliphatic heterocycles. The van der Waals surface area contributed by atoms with Crippen LogP contribution in [0.3, 0.4) is 0 Å². The van der Waals surface area contributed by atoms with Crippen molar-refractivity contribution in [3.05, 3.63) is 108 Å². The van der Waals surface area contributed by atoms with Gasteiger partial charge in [0.05, 0.1) is 18.1 Å². The number of aliphatic hydroxyl groups excluding tert-OH is 2. The third kappa shape index (κ3) is 2.55. The average molecular weight is 434 g/mol. The van der Waals surface area contributed by atoms with Crippen LogP contribution < -0.4 is 0 Å². The van der Waals surface area contributed by atoms with Crippen LogP contribution in [0.2, 0.25) is 0 Å². The molecule has 5 nitrogen and oxygen atoms in total. The van der Waals surface area contributed by atoms with Crippen LogP contribution in [-0.4, -0.2) is 37.4 Å². The summed E-state index contributed by atoms with van der Waals surface area (Å²) < 4.78 is 0. The maximum atomic E-state index is 11.6. The summed E-state index contributed by atoms with van der Waals surface area (Å²) in [6.07, 6.45) is 2.01. The molecule has 1 aliphatic carbocycles. The van der Waals surface area contributed by atoms with Crippen LogP contribution in [0.15, 0.2) is 85.2 Å². The second-order valence-corrected chi connectivity index (χ2v) is 9.01. The number of hydrogen-bond acceptors (Lipinski definition) is 2. The Balaban J connectivity index is 1.53. The molecule has 3 aromatic carbocycles. The SMILES string of the molecule is O[C@@H]1C(c2c[nH]c3ccccc23)c2[nH]c3ccccc3c2C(c2c[nH]c3ccccc23)[C@H]1O. The molecule has 0 fully saturated rings. The number of fused-ring (bicyclic) bond motifs is 5. The number of aliphatic hydroxyl groups is 2. The number of hydrogen-bond donors (Lipinski definition) is 5. The minimum atomic E-state index is -0.969. The average Bonchev–Trinajstić information content (AvgIpc) is 3.56. The molecule has 7 rings (SSSR count). The first kappa shape index (κ1) is 18.7. The van der Waals surface area contributed by atoms with E-state index in [-0.39, 0.29) is 11.8 Å². The Hall–Kier alpha value is -3.80. The van der Waals surface area contributed by atoms with Crippen molar-refractivity contribution >= 4 is 32.7 Å². The zero-order chi connectivity index (χ0) is 22.1. The molecule has 5 N–H and O–H groups in total. The van der Waals surface area contributed by atoms with Gasteiger partial charge in [-0.25, -0.2) is 0 Å². The predicted octanol–water partition coefficient (Wildman–Crippen LogP) is 5.13. The van der Waals surface area contributed by atoms with Gasteiger partial charge >= 0.3 is 0 Å². The number of aromatic amines is 3. The van der Waals surface area contributed by atoms with Gasteiger partial charge in [-0.15, -0.1) is 0 Å². The van der Waals surface area contributed by atoms with Crippen LogP contribution in [0.5, 0.6) is 0 Å². The molecule has 0 bridgehead atoms. The van der Waals surface area contributed by atoms with Crippen LogP contribution in [0.25, 0.3) is 32.7 Å². The van der Waals surface area contributed by atoms with E-state index in [0.717, 1.165) is 55.1 Å². The fourth-order valence-electron chi connectivity index (χ4n) is 5.88. The van der Waals surface area contributed by atoms with Crippen molar-refractivity contribution < 1.29 is 10.2 Å². The molecule has 3 aromatic heterocycles. The molecule has 0 saturated carbocycles. The lowest BCUT2D eigenvalue weighted by Gasteiger charge is -2.38. The summed E-state index contributed by atoms with van der Waals surface area (Å²) in [4.78, 5) is 10.3. The summed E-state index contributed by atoms with van der Waals surface area (Å²) in [7, 11) is 0. The van der Waals surface area contributed by atoms with Crippen LogP contribution in [0.4, 0.5) is 0 Å². The van der Waals surface area contributed by atoms with E-state index in [1.807, 2.05) is 60.9 Å². The zero-order valence-electron chi connectivity index (χ0n) is 17.8. The fourth-order valence-corrected chi connectivity index (χ4v) is 5.88. The quantitative estimate of drug-likeness (QED) is 0.262. The van der Waals surface area contributed by atoms with E-state index >= 15 is 0 Å². The van der Waals surface area contributed by atoms with Gasteiger partial charge < -0.3 is 25.2 Å². The Morgan fingerprint density at radius 3 is 1.67 bits per heavy atom. The number of nitrogens with one attached hydrogen (secondary N) is 3. The Morgan fingerprint density at radius 1 is 0.545 bits per heavy atom. The first-order chi connectivity index (χ1) is 16.2. The van der Waals surface area contributed by atoms with Gasteiger partial charge in [-0.3, -0.25) is 0 Å². The largest absolute Gasteiger partial charge is 0.389 e. The lowest BCUT2D eigenvalue weighted by Crippen LogP contribution is -2.42. The monoisotopic (exact) mass is 433 g/mol. The first-order valence-corrected chi connectivity index (χ1v) is 11.3. The van der Waals surface area contributed by atoms with Crippen LogP contribution >= 0.6 is 0 Å². The van der Waals surface area contributed by atoms with Gasteiger partial charge in [-0.05, 0) is 34.9 Å². The smallest absolute Gasteiger partial charge is 0.0932 e. The maximum Gasteiger partial charge on any atom is 0.0932 e. The number of H-pyrrole nitrogens is 3. The van der Waals surface area contributed by atoms with E-state index in [4.69, 9.17) is 0 Å². The minimum absolute atomic E-state index is 0.358. The van der Waals surface area contributed by atoms with E-state index in [1.54, 1.807) is 0 Å².